The Morgan fingerprint density at radius 1 is 1.42 bits per heavy atom. The average molecular weight is 328 g/mol. The molecule has 128 valence electrons. The van der Waals surface area contributed by atoms with Crippen molar-refractivity contribution in [2.24, 2.45) is 13.0 Å². The van der Waals surface area contributed by atoms with Crippen molar-refractivity contribution >= 4 is 5.91 Å². The third-order valence-electron chi connectivity index (χ3n) is 4.43. The number of amides is 1. The summed E-state index contributed by atoms with van der Waals surface area (Å²) in [5, 5.41) is 10.6. The Kier molecular flexibility index (Phi) is 5.15. The molecule has 1 saturated heterocycles. The monoisotopic (exact) mass is 328 g/mol. The van der Waals surface area contributed by atoms with Crippen LogP contribution >= 0.6 is 0 Å². The number of nitrogens with zero attached hydrogens (tertiary/aromatic N) is 2. The zero-order valence-electron chi connectivity index (χ0n) is 14.2. The highest BCUT2D eigenvalue weighted by Crippen LogP contribution is 2.28. The molecular weight excluding hydrogens is 304 g/mol. The van der Waals surface area contributed by atoms with Crippen LogP contribution in [0, 0.1) is 5.92 Å². The summed E-state index contributed by atoms with van der Waals surface area (Å²) in [4.78, 5) is 12.7. The maximum atomic E-state index is 12.7. The van der Waals surface area contributed by atoms with Gasteiger partial charge in [0.2, 0.25) is 5.91 Å². The van der Waals surface area contributed by atoms with Crippen LogP contribution in [0.2, 0.25) is 0 Å². The number of benzene rings is 1. The molecule has 1 aliphatic rings. The van der Waals surface area contributed by atoms with Crippen LogP contribution in [0.5, 0.6) is 5.75 Å². The number of ether oxygens (including phenoxy) is 1. The number of aryl methyl sites for hydroxylation is 1. The van der Waals surface area contributed by atoms with Gasteiger partial charge in [0.1, 0.15) is 5.75 Å². The first-order valence-corrected chi connectivity index (χ1v) is 8.36. The largest absolute Gasteiger partial charge is 0.494 e. The minimum absolute atomic E-state index is 0.0696. The predicted molar refractivity (Wildman–Crippen MR) is 91.8 cm³/mol. The predicted octanol–water partition coefficient (Wildman–Crippen LogP) is 1.44. The number of nitrogens with one attached hydrogen (secondary N) is 2. The fourth-order valence-electron chi connectivity index (χ4n) is 3.20. The van der Waals surface area contributed by atoms with Crippen LogP contribution < -0.4 is 15.4 Å². The van der Waals surface area contributed by atoms with Crippen molar-refractivity contribution in [3.63, 3.8) is 0 Å². The summed E-state index contributed by atoms with van der Waals surface area (Å²) in [6.07, 6.45) is 3.84. The van der Waals surface area contributed by atoms with Gasteiger partial charge in [-0.2, -0.15) is 5.10 Å². The lowest BCUT2D eigenvalue weighted by Gasteiger charge is -2.18. The molecule has 1 fully saturated rings. The van der Waals surface area contributed by atoms with Crippen molar-refractivity contribution in [2.45, 2.75) is 19.4 Å². The highest BCUT2D eigenvalue weighted by atomic mass is 16.5. The lowest BCUT2D eigenvalue weighted by molar-refractivity contribution is -0.125. The number of para-hydroxylation sites is 1. The van der Waals surface area contributed by atoms with Crippen molar-refractivity contribution in [1.82, 2.24) is 20.4 Å². The van der Waals surface area contributed by atoms with Gasteiger partial charge in [-0.3, -0.25) is 9.48 Å². The van der Waals surface area contributed by atoms with Crippen molar-refractivity contribution < 1.29 is 9.53 Å². The van der Waals surface area contributed by atoms with E-state index in [-0.39, 0.29) is 17.7 Å². The first-order valence-electron chi connectivity index (χ1n) is 8.36. The van der Waals surface area contributed by atoms with Gasteiger partial charge < -0.3 is 15.4 Å². The van der Waals surface area contributed by atoms with Crippen LogP contribution in [0.3, 0.4) is 0 Å². The normalized spacial score (nSPS) is 20.1. The van der Waals surface area contributed by atoms with Crippen molar-refractivity contribution in [3.8, 4) is 5.75 Å². The Balaban J connectivity index is 1.64. The van der Waals surface area contributed by atoms with Crippen molar-refractivity contribution in [3.05, 3.63) is 47.8 Å². The SMILES string of the molecule is CCOc1ccccc1CNC(=O)[C@H]1CNC[C@@H]1c1cnn(C)c1. The van der Waals surface area contributed by atoms with Gasteiger partial charge in [0.25, 0.3) is 0 Å². The highest BCUT2D eigenvalue weighted by Gasteiger charge is 2.34. The van der Waals surface area contributed by atoms with Gasteiger partial charge >= 0.3 is 0 Å². The minimum atomic E-state index is -0.0755. The van der Waals surface area contributed by atoms with Crippen LogP contribution in [-0.4, -0.2) is 35.4 Å². The number of hydrogen-bond acceptors (Lipinski definition) is 4. The molecule has 0 saturated carbocycles. The second-order valence-electron chi connectivity index (χ2n) is 6.08. The molecule has 2 aromatic rings. The molecule has 2 N–H and O–H groups in total. The molecule has 0 unspecified atom stereocenters. The van der Waals surface area contributed by atoms with Crippen molar-refractivity contribution in [1.29, 1.82) is 0 Å². The van der Waals surface area contributed by atoms with Crippen LogP contribution in [0.15, 0.2) is 36.7 Å². The molecule has 0 spiro atoms. The standard InChI is InChI=1S/C18H24N4O2/c1-3-24-17-7-5-4-6-13(17)8-20-18(23)16-11-19-10-15(16)14-9-21-22(2)12-14/h4-7,9,12,15-16,19H,3,8,10-11H2,1-2H3,(H,20,23)/t15-,16+/m1/s1. The molecule has 1 aromatic carbocycles. The van der Waals surface area contributed by atoms with E-state index in [1.54, 1.807) is 4.68 Å². The zero-order valence-corrected chi connectivity index (χ0v) is 14.2. The summed E-state index contributed by atoms with van der Waals surface area (Å²) < 4.78 is 7.39. The first-order chi connectivity index (χ1) is 11.7. The molecule has 24 heavy (non-hydrogen) atoms. The Morgan fingerprint density at radius 2 is 2.25 bits per heavy atom. The maximum Gasteiger partial charge on any atom is 0.225 e. The van der Waals surface area contributed by atoms with Gasteiger partial charge in [0.15, 0.2) is 0 Å². The molecule has 6 heteroatoms. The fourth-order valence-corrected chi connectivity index (χ4v) is 3.20. The lowest BCUT2D eigenvalue weighted by Crippen LogP contribution is -2.34. The van der Waals surface area contributed by atoms with Gasteiger partial charge in [-0.15, -0.1) is 0 Å². The quantitative estimate of drug-likeness (QED) is 0.842. The fraction of sp³-hybridized carbons (Fsp3) is 0.444. The van der Waals surface area contributed by atoms with Crippen LogP contribution in [-0.2, 0) is 18.4 Å². The average Bonchev–Trinajstić information content (AvgIpc) is 3.22. The van der Waals surface area contributed by atoms with Crippen LogP contribution in [0.4, 0.5) is 0 Å². The smallest absolute Gasteiger partial charge is 0.225 e. The summed E-state index contributed by atoms with van der Waals surface area (Å²) >= 11 is 0. The van der Waals surface area contributed by atoms with Crippen LogP contribution in [0.25, 0.3) is 0 Å². The molecule has 2 atom stereocenters. The summed E-state index contributed by atoms with van der Waals surface area (Å²) in [7, 11) is 1.89. The topological polar surface area (TPSA) is 68.2 Å². The van der Waals surface area contributed by atoms with E-state index >= 15 is 0 Å². The minimum Gasteiger partial charge on any atom is -0.494 e. The Morgan fingerprint density at radius 3 is 3.00 bits per heavy atom. The van der Waals surface area contributed by atoms with Gasteiger partial charge in [-0.1, -0.05) is 18.2 Å². The van der Waals surface area contributed by atoms with Gasteiger partial charge in [-0.25, -0.2) is 0 Å². The van der Waals surface area contributed by atoms with E-state index in [0.717, 1.165) is 23.4 Å². The third kappa shape index (κ3) is 3.59. The second kappa shape index (κ2) is 7.49. The Labute approximate surface area is 142 Å². The molecule has 1 amide bonds. The molecule has 3 rings (SSSR count). The van der Waals surface area contributed by atoms with E-state index in [9.17, 15) is 4.79 Å². The van der Waals surface area contributed by atoms with E-state index in [4.69, 9.17) is 4.74 Å². The van der Waals surface area contributed by atoms with Crippen molar-refractivity contribution in [2.75, 3.05) is 19.7 Å². The molecule has 0 radical (unpaired) electrons. The first kappa shape index (κ1) is 16.5. The van der Waals surface area contributed by atoms with E-state index in [2.05, 4.69) is 15.7 Å². The summed E-state index contributed by atoms with van der Waals surface area (Å²) in [6, 6.07) is 7.81. The van der Waals surface area contributed by atoms with E-state index in [0.29, 0.717) is 19.7 Å². The molecule has 1 aliphatic heterocycles. The summed E-state index contributed by atoms with van der Waals surface area (Å²) in [5.41, 5.74) is 2.11. The van der Waals surface area contributed by atoms with Gasteiger partial charge in [0.05, 0.1) is 18.7 Å². The van der Waals surface area contributed by atoms with Gasteiger partial charge in [0, 0.05) is 44.4 Å². The highest BCUT2D eigenvalue weighted by molar-refractivity contribution is 5.80. The second-order valence-corrected chi connectivity index (χ2v) is 6.08. The molecule has 0 bridgehead atoms. The molecule has 2 heterocycles. The number of carbonyl (C=O) groups excluding carboxylic acids is 1. The number of carbonyl (C=O) groups is 1. The number of hydrogen-bond donors (Lipinski definition) is 2. The molecule has 6 nitrogen and oxygen atoms in total. The molecular formula is C18H24N4O2. The maximum absolute atomic E-state index is 12.7. The summed E-state index contributed by atoms with van der Waals surface area (Å²) in [6.45, 7) is 4.54. The lowest BCUT2D eigenvalue weighted by atomic mass is 9.90. The van der Waals surface area contributed by atoms with Crippen LogP contribution in [0.1, 0.15) is 24.0 Å². The summed E-state index contributed by atoms with van der Waals surface area (Å²) in [5.74, 6) is 0.989. The third-order valence-corrected chi connectivity index (χ3v) is 4.43. The Bertz CT molecular complexity index is 698. The van der Waals surface area contributed by atoms with E-state index in [1.807, 2.05) is 50.6 Å². The van der Waals surface area contributed by atoms with Gasteiger partial charge in [-0.05, 0) is 18.6 Å². The molecule has 1 aromatic heterocycles. The number of rotatable bonds is 6. The van der Waals surface area contributed by atoms with E-state index < -0.39 is 0 Å². The zero-order chi connectivity index (χ0) is 16.9. The number of aromatic nitrogens is 2. The van der Waals surface area contributed by atoms with E-state index in [1.165, 1.54) is 0 Å². The molecule has 0 aliphatic carbocycles. The Hall–Kier alpha value is -2.34.